The first-order valence-corrected chi connectivity index (χ1v) is 7.80. The van der Waals surface area contributed by atoms with Crippen molar-refractivity contribution in [1.29, 1.82) is 0 Å². The molecule has 1 heterocycles. The summed E-state index contributed by atoms with van der Waals surface area (Å²) in [7, 11) is 0. The van der Waals surface area contributed by atoms with Gasteiger partial charge in [-0.15, -0.1) is 0 Å². The normalized spacial score (nSPS) is 12.8. The van der Waals surface area contributed by atoms with Crippen molar-refractivity contribution in [2.45, 2.75) is 0 Å². The van der Waals surface area contributed by atoms with Crippen LogP contribution in [0.3, 0.4) is 0 Å². The molecule has 122 valence electrons. The molecule has 0 aromatic heterocycles. The molecule has 0 spiro atoms. The number of carbonyl (C=O) groups is 2. The lowest BCUT2D eigenvalue weighted by molar-refractivity contribution is -0.114. The van der Waals surface area contributed by atoms with Crippen LogP contribution in [0, 0.1) is 0 Å². The lowest BCUT2D eigenvalue weighted by Crippen LogP contribution is -2.31. The van der Waals surface area contributed by atoms with E-state index in [-0.39, 0.29) is 12.5 Å². The quantitative estimate of drug-likeness (QED) is 0.786. The minimum absolute atomic E-state index is 0.0122. The van der Waals surface area contributed by atoms with Crippen molar-refractivity contribution in [1.82, 2.24) is 5.32 Å². The number of hydrogen-bond acceptors (Lipinski definition) is 4. The van der Waals surface area contributed by atoms with Gasteiger partial charge in [-0.05, 0) is 48.0 Å². The maximum atomic E-state index is 12.2. The number of halogens is 1. The number of benzene rings is 2. The van der Waals surface area contributed by atoms with Gasteiger partial charge in [-0.3, -0.25) is 9.59 Å². The van der Waals surface area contributed by atoms with Crippen LogP contribution >= 0.6 is 15.9 Å². The van der Waals surface area contributed by atoms with E-state index in [1.54, 1.807) is 42.5 Å². The fourth-order valence-corrected chi connectivity index (χ4v) is 2.40. The van der Waals surface area contributed by atoms with Gasteiger partial charge in [-0.25, -0.2) is 0 Å². The van der Waals surface area contributed by atoms with E-state index in [1.807, 2.05) is 0 Å². The number of nitrogens with two attached hydrogens (primary N) is 1. The van der Waals surface area contributed by atoms with Crippen LogP contribution in [0.4, 0.5) is 0 Å². The first kappa shape index (κ1) is 16.1. The highest BCUT2D eigenvalue weighted by Gasteiger charge is 2.15. The molecular weight excluding hydrogens is 376 g/mol. The second kappa shape index (κ2) is 6.76. The summed E-state index contributed by atoms with van der Waals surface area (Å²) >= 11 is 3.30. The van der Waals surface area contributed by atoms with Crippen molar-refractivity contribution in [3.05, 3.63) is 63.8 Å². The van der Waals surface area contributed by atoms with Gasteiger partial charge in [0.15, 0.2) is 11.5 Å². The summed E-state index contributed by atoms with van der Waals surface area (Å²) in [6.07, 6.45) is 1.49. The van der Waals surface area contributed by atoms with E-state index >= 15 is 0 Å². The van der Waals surface area contributed by atoms with E-state index in [1.165, 1.54) is 6.08 Å². The summed E-state index contributed by atoms with van der Waals surface area (Å²) in [4.78, 5) is 23.9. The Morgan fingerprint density at radius 2 is 1.79 bits per heavy atom. The predicted molar refractivity (Wildman–Crippen MR) is 91.3 cm³/mol. The molecule has 24 heavy (non-hydrogen) atoms. The largest absolute Gasteiger partial charge is 0.454 e. The van der Waals surface area contributed by atoms with Gasteiger partial charge in [0.25, 0.3) is 11.8 Å². The summed E-state index contributed by atoms with van der Waals surface area (Å²) in [6, 6.07) is 11.9. The van der Waals surface area contributed by atoms with Crippen LogP contribution in [0.25, 0.3) is 6.08 Å². The van der Waals surface area contributed by atoms with Crippen molar-refractivity contribution >= 4 is 33.8 Å². The average molecular weight is 389 g/mol. The van der Waals surface area contributed by atoms with Crippen molar-refractivity contribution in [3.8, 4) is 11.5 Å². The third kappa shape index (κ3) is 3.57. The molecule has 3 N–H and O–H groups in total. The molecule has 0 fully saturated rings. The van der Waals surface area contributed by atoms with Crippen LogP contribution in [-0.4, -0.2) is 18.6 Å². The van der Waals surface area contributed by atoms with Gasteiger partial charge in [-0.2, -0.15) is 0 Å². The van der Waals surface area contributed by atoms with Crippen LogP contribution in [0.1, 0.15) is 15.9 Å². The Labute approximate surface area is 146 Å². The fourth-order valence-electron chi connectivity index (χ4n) is 2.13. The number of fused-ring (bicyclic) bond motifs is 1. The Kier molecular flexibility index (Phi) is 4.52. The first-order chi connectivity index (χ1) is 11.5. The number of ether oxygens (including phenoxy) is 2. The predicted octanol–water partition coefficient (Wildman–Crippen LogP) is 2.43. The third-order valence-electron chi connectivity index (χ3n) is 3.33. The molecule has 0 radical (unpaired) electrons. The van der Waals surface area contributed by atoms with Gasteiger partial charge >= 0.3 is 0 Å². The van der Waals surface area contributed by atoms with Crippen molar-refractivity contribution in [2.75, 3.05) is 6.79 Å². The zero-order valence-corrected chi connectivity index (χ0v) is 14.0. The van der Waals surface area contributed by atoms with Gasteiger partial charge in [0, 0.05) is 10.0 Å². The second-order valence-corrected chi connectivity index (χ2v) is 5.91. The van der Waals surface area contributed by atoms with Gasteiger partial charge < -0.3 is 20.5 Å². The Balaban J connectivity index is 1.83. The van der Waals surface area contributed by atoms with E-state index in [9.17, 15) is 9.59 Å². The summed E-state index contributed by atoms with van der Waals surface area (Å²) in [5.41, 5.74) is 6.42. The van der Waals surface area contributed by atoms with E-state index in [4.69, 9.17) is 15.2 Å². The zero-order valence-electron chi connectivity index (χ0n) is 12.4. The van der Waals surface area contributed by atoms with E-state index < -0.39 is 11.8 Å². The van der Waals surface area contributed by atoms with Gasteiger partial charge in [0.1, 0.15) is 5.70 Å². The van der Waals surface area contributed by atoms with Crippen molar-refractivity contribution < 1.29 is 19.1 Å². The number of nitrogens with one attached hydrogen (secondary N) is 1. The lowest BCUT2D eigenvalue weighted by atomic mass is 10.1. The SMILES string of the molecule is NC(=O)/C(=C\c1ccc2c(c1)OCO2)NC(=O)c1ccc(Br)cc1. The fraction of sp³-hybridized carbons (Fsp3) is 0.0588. The lowest BCUT2D eigenvalue weighted by Gasteiger charge is -2.07. The van der Waals surface area contributed by atoms with E-state index in [0.29, 0.717) is 22.6 Å². The molecule has 2 aromatic rings. The zero-order chi connectivity index (χ0) is 17.1. The molecular formula is C17H13BrN2O4. The number of hydrogen-bond donors (Lipinski definition) is 2. The minimum Gasteiger partial charge on any atom is -0.454 e. The molecule has 7 heteroatoms. The standard InChI is InChI=1S/C17H13BrN2O4/c18-12-4-2-11(3-5-12)17(22)20-13(16(19)21)7-10-1-6-14-15(8-10)24-9-23-14/h1-8H,9H2,(H2,19,21)(H,20,22)/b13-7+. The van der Waals surface area contributed by atoms with E-state index in [2.05, 4.69) is 21.2 Å². The molecule has 1 aliphatic heterocycles. The topological polar surface area (TPSA) is 90.7 Å². The molecule has 0 saturated carbocycles. The van der Waals surface area contributed by atoms with Crippen LogP contribution in [0.5, 0.6) is 11.5 Å². The summed E-state index contributed by atoms with van der Waals surface area (Å²) in [6.45, 7) is 0.158. The molecule has 6 nitrogen and oxygen atoms in total. The molecule has 0 bridgehead atoms. The molecule has 0 unspecified atom stereocenters. The van der Waals surface area contributed by atoms with E-state index in [0.717, 1.165) is 4.47 Å². The molecule has 0 atom stereocenters. The average Bonchev–Trinajstić information content (AvgIpc) is 3.02. The summed E-state index contributed by atoms with van der Waals surface area (Å²) < 4.78 is 11.4. The summed E-state index contributed by atoms with van der Waals surface area (Å²) in [5.74, 6) is 0.0462. The highest BCUT2D eigenvalue weighted by Crippen LogP contribution is 2.33. The molecule has 2 amide bonds. The van der Waals surface area contributed by atoms with Crippen LogP contribution in [0.2, 0.25) is 0 Å². The highest BCUT2D eigenvalue weighted by molar-refractivity contribution is 9.10. The monoisotopic (exact) mass is 388 g/mol. The number of amides is 2. The van der Waals surface area contributed by atoms with Crippen LogP contribution in [0.15, 0.2) is 52.6 Å². The van der Waals surface area contributed by atoms with Crippen LogP contribution in [-0.2, 0) is 4.79 Å². The Bertz CT molecular complexity index is 831. The van der Waals surface area contributed by atoms with Crippen LogP contribution < -0.4 is 20.5 Å². The number of primary amides is 1. The Morgan fingerprint density at radius 1 is 1.08 bits per heavy atom. The second-order valence-electron chi connectivity index (χ2n) is 5.00. The maximum absolute atomic E-state index is 12.2. The smallest absolute Gasteiger partial charge is 0.265 e. The molecule has 3 rings (SSSR count). The van der Waals surface area contributed by atoms with Gasteiger partial charge in [0.2, 0.25) is 6.79 Å². The third-order valence-corrected chi connectivity index (χ3v) is 3.86. The number of rotatable bonds is 4. The first-order valence-electron chi connectivity index (χ1n) is 7.01. The van der Waals surface area contributed by atoms with Gasteiger partial charge in [-0.1, -0.05) is 22.0 Å². The Morgan fingerprint density at radius 3 is 2.50 bits per heavy atom. The molecule has 0 saturated heterocycles. The van der Waals surface area contributed by atoms with Crippen molar-refractivity contribution in [2.24, 2.45) is 5.73 Å². The summed E-state index contributed by atoms with van der Waals surface area (Å²) in [5, 5.41) is 2.53. The molecule has 1 aliphatic rings. The highest BCUT2D eigenvalue weighted by atomic mass is 79.9. The maximum Gasteiger partial charge on any atom is 0.265 e. The Hall–Kier alpha value is -2.80. The minimum atomic E-state index is -0.738. The van der Waals surface area contributed by atoms with Crippen molar-refractivity contribution in [3.63, 3.8) is 0 Å². The molecule has 0 aliphatic carbocycles. The number of carbonyl (C=O) groups excluding carboxylic acids is 2. The molecule has 2 aromatic carbocycles. The van der Waals surface area contributed by atoms with Gasteiger partial charge in [0.05, 0.1) is 0 Å².